The Morgan fingerprint density at radius 3 is 1.62 bits per heavy atom. The molecule has 0 amide bonds. The van der Waals surface area contributed by atoms with Crippen molar-refractivity contribution in [1.29, 1.82) is 0 Å². The average Bonchev–Trinajstić information content (AvgIpc) is 2.33. The maximum atomic E-state index is 5.48. The molecule has 1 aliphatic rings. The summed E-state index contributed by atoms with van der Waals surface area (Å²) < 4.78 is 21.3. The third-order valence-electron chi connectivity index (χ3n) is 2.94. The first-order valence-corrected chi connectivity index (χ1v) is 5.12. The molecule has 0 aromatic heterocycles. The van der Waals surface area contributed by atoms with Gasteiger partial charge in [0.2, 0.25) is 0 Å². The molecular weight excluding hydrogens is 208 g/mol. The van der Waals surface area contributed by atoms with Gasteiger partial charge in [-0.2, -0.15) is 0 Å². The summed E-state index contributed by atoms with van der Waals surface area (Å²) in [6.45, 7) is 1.97. The van der Waals surface area contributed by atoms with Gasteiger partial charge < -0.3 is 18.9 Å². The molecule has 0 aliphatic heterocycles. The van der Waals surface area contributed by atoms with E-state index in [1.165, 1.54) is 0 Å². The normalized spacial score (nSPS) is 33.6. The summed E-state index contributed by atoms with van der Waals surface area (Å²) in [7, 11) is 6.45. The topological polar surface area (TPSA) is 36.9 Å². The average molecular weight is 228 g/mol. The molecule has 1 aliphatic carbocycles. The minimum absolute atomic E-state index is 0.395. The van der Waals surface area contributed by atoms with Crippen LogP contribution >= 0.6 is 0 Å². The number of ether oxygens (including phenoxy) is 4. The van der Waals surface area contributed by atoms with Crippen molar-refractivity contribution in [3.05, 3.63) is 24.3 Å². The van der Waals surface area contributed by atoms with E-state index in [1.807, 2.05) is 31.2 Å². The van der Waals surface area contributed by atoms with E-state index in [4.69, 9.17) is 18.9 Å². The Kier molecular flexibility index (Phi) is 4.27. The minimum Gasteiger partial charge on any atom is -0.370 e. The zero-order valence-corrected chi connectivity index (χ0v) is 10.5. The summed E-state index contributed by atoms with van der Waals surface area (Å²) >= 11 is 0. The lowest BCUT2D eigenvalue weighted by molar-refractivity contribution is -0.189. The molecule has 0 radical (unpaired) electrons. The molecule has 0 saturated heterocycles. The molecule has 0 fully saturated rings. The lowest BCUT2D eigenvalue weighted by atomic mass is 9.89. The molecule has 16 heavy (non-hydrogen) atoms. The van der Waals surface area contributed by atoms with Crippen LogP contribution in [0.3, 0.4) is 0 Å². The third-order valence-corrected chi connectivity index (χ3v) is 2.94. The van der Waals surface area contributed by atoms with Crippen LogP contribution in [0.15, 0.2) is 24.3 Å². The van der Waals surface area contributed by atoms with E-state index in [2.05, 4.69) is 0 Å². The largest absolute Gasteiger partial charge is 0.370 e. The molecule has 0 aromatic rings. The van der Waals surface area contributed by atoms with Crippen molar-refractivity contribution < 1.29 is 18.9 Å². The highest BCUT2D eigenvalue weighted by Gasteiger charge is 2.39. The van der Waals surface area contributed by atoms with Gasteiger partial charge in [0, 0.05) is 28.4 Å². The molecule has 92 valence electrons. The Hall–Kier alpha value is -0.680. The molecule has 0 atom stereocenters. The van der Waals surface area contributed by atoms with Gasteiger partial charge in [-0.1, -0.05) is 0 Å². The second kappa shape index (κ2) is 5.10. The first-order chi connectivity index (χ1) is 7.55. The van der Waals surface area contributed by atoms with Gasteiger partial charge in [0.1, 0.15) is 5.60 Å². The molecule has 4 nitrogen and oxygen atoms in total. The standard InChI is InChI=1S/C12H20O4/c1-11(15-4)6-8-12(16-5,9-7-11)10(13-2)14-3/h6-10H,1-5H3. The zero-order chi connectivity index (χ0) is 12.2. The van der Waals surface area contributed by atoms with Gasteiger partial charge in [0.05, 0.1) is 0 Å². The monoisotopic (exact) mass is 228 g/mol. The summed E-state index contributed by atoms with van der Waals surface area (Å²) in [5.74, 6) is 0. The van der Waals surface area contributed by atoms with E-state index in [0.717, 1.165) is 0 Å². The van der Waals surface area contributed by atoms with Crippen LogP contribution in [0.5, 0.6) is 0 Å². The highest BCUT2D eigenvalue weighted by molar-refractivity contribution is 5.30. The first kappa shape index (κ1) is 13.4. The summed E-state index contributed by atoms with van der Waals surface area (Å²) in [5.41, 5.74) is -1.09. The van der Waals surface area contributed by atoms with Crippen molar-refractivity contribution in [2.24, 2.45) is 0 Å². The maximum Gasteiger partial charge on any atom is 0.193 e. The van der Waals surface area contributed by atoms with Gasteiger partial charge in [-0.3, -0.25) is 0 Å². The lowest BCUT2D eigenvalue weighted by Gasteiger charge is -2.37. The molecule has 0 aromatic carbocycles. The van der Waals surface area contributed by atoms with E-state index in [0.29, 0.717) is 0 Å². The fourth-order valence-corrected chi connectivity index (χ4v) is 1.69. The van der Waals surface area contributed by atoms with Crippen molar-refractivity contribution in [1.82, 2.24) is 0 Å². The van der Waals surface area contributed by atoms with E-state index in [-0.39, 0.29) is 0 Å². The quantitative estimate of drug-likeness (QED) is 0.528. The van der Waals surface area contributed by atoms with Crippen molar-refractivity contribution in [3.63, 3.8) is 0 Å². The van der Waals surface area contributed by atoms with Gasteiger partial charge in [-0.05, 0) is 31.2 Å². The van der Waals surface area contributed by atoms with Crippen LogP contribution in [0.4, 0.5) is 0 Å². The van der Waals surface area contributed by atoms with Crippen LogP contribution < -0.4 is 0 Å². The summed E-state index contributed by atoms with van der Waals surface area (Å²) in [6.07, 6.45) is 7.18. The fraction of sp³-hybridized carbons (Fsp3) is 0.667. The molecule has 0 unspecified atom stereocenters. The highest BCUT2D eigenvalue weighted by atomic mass is 16.7. The lowest BCUT2D eigenvalue weighted by Crippen LogP contribution is -2.46. The molecule has 0 N–H and O–H groups in total. The van der Waals surface area contributed by atoms with Gasteiger partial charge in [0.15, 0.2) is 11.9 Å². The highest BCUT2D eigenvalue weighted by Crippen LogP contribution is 2.30. The summed E-state index contributed by atoms with van der Waals surface area (Å²) in [4.78, 5) is 0. The van der Waals surface area contributed by atoms with Crippen molar-refractivity contribution in [2.45, 2.75) is 24.4 Å². The summed E-state index contributed by atoms with van der Waals surface area (Å²) in [5, 5.41) is 0. The van der Waals surface area contributed by atoms with Crippen molar-refractivity contribution in [2.75, 3.05) is 28.4 Å². The second-order valence-corrected chi connectivity index (χ2v) is 3.92. The van der Waals surface area contributed by atoms with Gasteiger partial charge in [0.25, 0.3) is 0 Å². The van der Waals surface area contributed by atoms with Crippen LogP contribution in [0.25, 0.3) is 0 Å². The number of hydrogen-bond acceptors (Lipinski definition) is 4. The van der Waals surface area contributed by atoms with Crippen LogP contribution in [0.1, 0.15) is 6.92 Å². The fourth-order valence-electron chi connectivity index (χ4n) is 1.69. The van der Waals surface area contributed by atoms with Gasteiger partial charge in [-0.15, -0.1) is 0 Å². The molecule has 0 heterocycles. The molecule has 1 rings (SSSR count). The Bertz CT molecular complexity index is 265. The molecule has 4 heteroatoms. The van der Waals surface area contributed by atoms with Crippen molar-refractivity contribution in [3.8, 4) is 0 Å². The third kappa shape index (κ3) is 2.35. The van der Waals surface area contributed by atoms with Crippen LogP contribution in [0, 0.1) is 0 Å². The summed E-state index contributed by atoms with van der Waals surface area (Å²) in [6, 6.07) is 0. The van der Waals surface area contributed by atoms with E-state index < -0.39 is 17.5 Å². The van der Waals surface area contributed by atoms with Gasteiger partial charge >= 0.3 is 0 Å². The zero-order valence-electron chi connectivity index (χ0n) is 10.5. The van der Waals surface area contributed by atoms with Crippen molar-refractivity contribution >= 4 is 0 Å². The van der Waals surface area contributed by atoms with E-state index in [9.17, 15) is 0 Å². The van der Waals surface area contributed by atoms with E-state index in [1.54, 1.807) is 28.4 Å². The smallest absolute Gasteiger partial charge is 0.193 e. The molecular formula is C12H20O4. The second-order valence-electron chi connectivity index (χ2n) is 3.92. The molecule has 0 spiro atoms. The van der Waals surface area contributed by atoms with Gasteiger partial charge in [-0.25, -0.2) is 0 Å². The Balaban J connectivity index is 2.95. The molecule has 0 saturated carbocycles. The van der Waals surface area contributed by atoms with Crippen LogP contribution in [-0.4, -0.2) is 45.9 Å². The molecule has 0 bridgehead atoms. The Morgan fingerprint density at radius 1 is 0.812 bits per heavy atom. The maximum absolute atomic E-state index is 5.48. The Morgan fingerprint density at radius 2 is 1.31 bits per heavy atom. The minimum atomic E-state index is -0.693. The SMILES string of the molecule is COC(OC)C1(OC)C=CC(C)(OC)C=C1. The Labute approximate surface area is 96.8 Å². The predicted molar refractivity (Wildman–Crippen MR) is 61.2 cm³/mol. The number of hydrogen-bond donors (Lipinski definition) is 0. The number of rotatable bonds is 5. The number of methoxy groups -OCH3 is 4. The predicted octanol–water partition coefficient (Wildman–Crippen LogP) is 1.52. The first-order valence-electron chi connectivity index (χ1n) is 5.12. The van der Waals surface area contributed by atoms with Crippen LogP contribution in [0.2, 0.25) is 0 Å². The van der Waals surface area contributed by atoms with E-state index >= 15 is 0 Å². The van der Waals surface area contributed by atoms with Crippen LogP contribution in [-0.2, 0) is 18.9 Å².